The fourth-order valence-corrected chi connectivity index (χ4v) is 0.819. The Kier molecular flexibility index (Phi) is 4.17. The molecule has 0 saturated heterocycles. The van der Waals surface area contributed by atoms with Crippen LogP contribution in [0, 0.1) is 0 Å². The van der Waals surface area contributed by atoms with E-state index >= 15 is 0 Å². The van der Waals surface area contributed by atoms with E-state index in [4.69, 9.17) is 5.11 Å². The topological polar surface area (TPSA) is 40.5 Å². The van der Waals surface area contributed by atoms with E-state index in [1.807, 2.05) is 18.1 Å². The average Bonchev–Trinajstić information content (AvgIpc) is 1.88. The molecule has 4 heteroatoms. The Balaban J connectivity index is 0.000001000. The van der Waals surface area contributed by atoms with E-state index in [0.29, 0.717) is 12.1 Å². The normalized spacial score (nSPS) is 15.4. The molecule has 0 amide bonds. The van der Waals surface area contributed by atoms with Crippen LogP contribution in [-0.4, -0.2) is 29.6 Å². The number of hydrogen-bond acceptors (Lipinski definition) is 2. The van der Waals surface area contributed by atoms with Gasteiger partial charge in [-0.3, -0.25) is 0 Å². The maximum absolute atomic E-state index is 10.4. The first-order valence-corrected chi connectivity index (χ1v) is 3.01. The van der Waals surface area contributed by atoms with Crippen LogP contribution in [0.3, 0.4) is 0 Å². The molecule has 1 heterocycles. The van der Waals surface area contributed by atoms with Gasteiger partial charge in [0, 0.05) is 13.6 Å². The van der Waals surface area contributed by atoms with Gasteiger partial charge in [0.2, 0.25) is 0 Å². The van der Waals surface area contributed by atoms with Gasteiger partial charge >= 0.3 is 5.97 Å². The van der Waals surface area contributed by atoms with Gasteiger partial charge in [0.1, 0.15) is 0 Å². The molecule has 1 rings (SSSR count). The monoisotopic (exact) mass is 267 g/mol. The Labute approximate surface area is 82.4 Å². The number of carbonyl (C=O) groups is 1. The summed E-state index contributed by atoms with van der Waals surface area (Å²) in [4.78, 5) is 12.2. The van der Waals surface area contributed by atoms with Crippen molar-refractivity contribution in [3.8, 4) is 0 Å². The Morgan fingerprint density at radius 1 is 1.73 bits per heavy atom. The van der Waals surface area contributed by atoms with Gasteiger partial charge in [-0.15, -0.1) is 24.0 Å². The number of aliphatic carboxylic acids is 1. The summed E-state index contributed by atoms with van der Waals surface area (Å²) < 4.78 is 0. The first-order valence-electron chi connectivity index (χ1n) is 3.01. The predicted octanol–water partition coefficient (Wildman–Crippen LogP) is 1.07. The molecule has 1 aliphatic heterocycles. The second-order valence-corrected chi connectivity index (χ2v) is 2.25. The fraction of sp³-hybridized carbons (Fsp3) is 0.286. The first kappa shape index (κ1) is 10.5. The highest BCUT2D eigenvalue weighted by Gasteiger charge is 2.09. The molecular formula is C7H10INO2. The zero-order valence-corrected chi connectivity index (χ0v) is 8.48. The van der Waals surface area contributed by atoms with Crippen molar-refractivity contribution < 1.29 is 9.90 Å². The van der Waals surface area contributed by atoms with Crippen LogP contribution in [-0.2, 0) is 4.79 Å². The quantitative estimate of drug-likeness (QED) is 0.722. The van der Waals surface area contributed by atoms with Crippen LogP contribution in [0.15, 0.2) is 23.9 Å². The smallest absolute Gasteiger partial charge is 0.333 e. The molecule has 0 unspecified atom stereocenters. The highest BCUT2D eigenvalue weighted by atomic mass is 127. The van der Waals surface area contributed by atoms with E-state index in [0.717, 1.165) is 0 Å². The van der Waals surface area contributed by atoms with Crippen molar-refractivity contribution in [3.05, 3.63) is 23.9 Å². The van der Waals surface area contributed by atoms with Gasteiger partial charge < -0.3 is 10.0 Å². The third kappa shape index (κ3) is 2.92. The van der Waals surface area contributed by atoms with Crippen molar-refractivity contribution in [2.45, 2.75) is 0 Å². The van der Waals surface area contributed by atoms with Crippen molar-refractivity contribution in [1.29, 1.82) is 0 Å². The van der Waals surface area contributed by atoms with E-state index in [2.05, 4.69) is 0 Å². The molecule has 0 fully saturated rings. The molecule has 0 saturated carbocycles. The second-order valence-electron chi connectivity index (χ2n) is 2.25. The fourth-order valence-electron chi connectivity index (χ4n) is 0.819. The molecule has 0 spiro atoms. The number of allylic oxidation sites excluding steroid dienone is 2. The number of carboxylic acids is 1. The van der Waals surface area contributed by atoms with Crippen LogP contribution >= 0.6 is 24.0 Å². The van der Waals surface area contributed by atoms with Crippen molar-refractivity contribution in [2.24, 2.45) is 0 Å². The molecule has 0 aromatic rings. The Morgan fingerprint density at radius 3 is 2.73 bits per heavy atom. The maximum Gasteiger partial charge on any atom is 0.333 e. The summed E-state index contributed by atoms with van der Waals surface area (Å²) in [6.07, 6.45) is 5.18. The van der Waals surface area contributed by atoms with E-state index in [-0.39, 0.29) is 24.0 Å². The molecule has 62 valence electrons. The summed E-state index contributed by atoms with van der Waals surface area (Å²) in [5.74, 6) is -0.837. The largest absolute Gasteiger partial charge is 0.478 e. The summed E-state index contributed by atoms with van der Waals surface area (Å²) in [5.41, 5.74) is 0.435. The molecule has 0 aromatic heterocycles. The van der Waals surface area contributed by atoms with Crippen LogP contribution in [0.5, 0.6) is 0 Å². The van der Waals surface area contributed by atoms with Gasteiger partial charge in [-0.2, -0.15) is 0 Å². The Bertz CT molecular complexity index is 210. The summed E-state index contributed by atoms with van der Waals surface area (Å²) >= 11 is 0. The van der Waals surface area contributed by atoms with E-state index in [9.17, 15) is 4.79 Å². The van der Waals surface area contributed by atoms with E-state index < -0.39 is 5.97 Å². The Hall–Kier alpha value is -0.520. The third-order valence-electron chi connectivity index (χ3n) is 1.33. The van der Waals surface area contributed by atoms with Crippen molar-refractivity contribution in [2.75, 3.05) is 13.6 Å². The molecule has 11 heavy (non-hydrogen) atoms. The van der Waals surface area contributed by atoms with Gasteiger partial charge in [0.05, 0.1) is 5.57 Å². The molecule has 1 N–H and O–H groups in total. The molecule has 0 bridgehead atoms. The molecule has 0 aromatic carbocycles. The van der Waals surface area contributed by atoms with Crippen LogP contribution in [0.25, 0.3) is 0 Å². The standard InChI is InChI=1S/C7H9NO2.HI/c1-8-4-2-3-6(5-8)7(9)10;/h2-4H,5H2,1H3,(H,9,10);1H. The number of carboxylic acid groups (broad SMARTS) is 1. The van der Waals surface area contributed by atoms with Crippen molar-refractivity contribution >= 4 is 29.9 Å². The maximum atomic E-state index is 10.4. The first-order chi connectivity index (χ1) is 4.70. The second kappa shape index (κ2) is 4.38. The molecule has 1 aliphatic rings. The number of halogens is 1. The molecule has 0 atom stereocenters. The van der Waals surface area contributed by atoms with Gasteiger partial charge in [-0.05, 0) is 18.4 Å². The van der Waals surface area contributed by atoms with Crippen LogP contribution in [0.2, 0.25) is 0 Å². The van der Waals surface area contributed by atoms with Gasteiger partial charge in [0.25, 0.3) is 0 Å². The van der Waals surface area contributed by atoms with Gasteiger partial charge in [-0.25, -0.2) is 4.79 Å². The lowest BCUT2D eigenvalue weighted by molar-refractivity contribution is -0.132. The summed E-state index contributed by atoms with van der Waals surface area (Å²) in [6.45, 7) is 0.492. The third-order valence-corrected chi connectivity index (χ3v) is 1.33. The molecular weight excluding hydrogens is 257 g/mol. The van der Waals surface area contributed by atoms with E-state index in [1.54, 1.807) is 12.2 Å². The van der Waals surface area contributed by atoms with Crippen molar-refractivity contribution in [1.82, 2.24) is 4.90 Å². The number of rotatable bonds is 1. The van der Waals surface area contributed by atoms with Gasteiger partial charge in [-0.1, -0.05) is 0 Å². The summed E-state index contributed by atoms with van der Waals surface area (Å²) in [7, 11) is 1.84. The predicted molar refractivity (Wildman–Crippen MR) is 52.9 cm³/mol. The van der Waals surface area contributed by atoms with Crippen LogP contribution < -0.4 is 0 Å². The molecule has 0 aliphatic carbocycles. The average molecular weight is 267 g/mol. The zero-order chi connectivity index (χ0) is 7.56. The molecule has 3 nitrogen and oxygen atoms in total. The lowest BCUT2D eigenvalue weighted by Crippen LogP contribution is -2.20. The summed E-state index contributed by atoms with van der Waals surface area (Å²) in [5, 5.41) is 8.53. The van der Waals surface area contributed by atoms with E-state index in [1.165, 1.54) is 0 Å². The summed E-state index contributed by atoms with van der Waals surface area (Å²) in [6, 6.07) is 0. The molecule has 0 radical (unpaired) electrons. The lowest BCUT2D eigenvalue weighted by Gasteiger charge is -2.16. The highest BCUT2D eigenvalue weighted by Crippen LogP contribution is 2.04. The number of hydrogen-bond donors (Lipinski definition) is 1. The minimum atomic E-state index is -0.837. The Morgan fingerprint density at radius 2 is 2.36 bits per heavy atom. The van der Waals surface area contributed by atoms with Gasteiger partial charge in [0.15, 0.2) is 0 Å². The minimum Gasteiger partial charge on any atom is -0.478 e. The zero-order valence-electron chi connectivity index (χ0n) is 6.15. The lowest BCUT2D eigenvalue weighted by atomic mass is 10.2. The van der Waals surface area contributed by atoms with Crippen molar-refractivity contribution in [3.63, 3.8) is 0 Å². The minimum absolute atomic E-state index is 0. The SMILES string of the molecule is CN1C=CC=C(C(=O)O)C1.I. The highest BCUT2D eigenvalue weighted by molar-refractivity contribution is 14.0. The number of nitrogens with zero attached hydrogens (tertiary/aromatic N) is 1. The van der Waals surface area contributed by atoms with Crippen LogP contribution in [0.1, 0.15) is 0 Å². The number of likely N-dealkylation sites (N-methyl/N-ethyl adjacent to an activating group) is 1. The van der Waals surface area contributed by atoms with Crippen LogP contribution in [0.4, 0.5) is 0 Å².